The van der Waals surface area contributed by atoms with E-state index in [1.807, 2.05) is 6.07 Å². The molecule has 0 heterocycles. The Morgan fingerprint density at radius 1 is 1.47 bits per heavy atom. The van der Waals surface area contributed by atoms with Crippen LogP contribution in [0.2, 0.25) is 0 Å². The molecule has 6 heteroatoms. The van der Waals surface area contributed by atoms with Gasteiger partial charge in [0.1, 0.15) is 5.69 Å². The van der Waals surface area contributed by atoms with Crippen LogP contribution >= 0.6 is 0 Å². The van der Waals surface area contributed by atoms with Crippen molar-refractivity contribution >= 4 is 11.4 Å². The second-order valence-corrected chi connectivity index (χ2v) is 3.52. The van der Waals surface area contributed by atoms with E-state index in [1.165, 1.54) is 6.07 Å². The quantitative estimate of drug-likeness (QED) is 0.442. The fraction of sp³-hybridized carbons (Fsp3) is 0.364. The van der Waals surface area contributed by atoms with Crippen molar-refractivity contribution in [2.75, 3.05) is 18.4 Å². The highest BCUT2D eigenvalue weighted by Gasteiger charge is 2.13. The number of nitrogens with two attached hydrogens (primary N) is 1. The first kappa shape index (κ1) is 12.9. The fourth-order valence-electron chi connectivity index (χ4n) is 1.39. The minimum absolute atomic E-state index is 0.0724. The molecular weight excluding hydrogens is 220 g/mol. The van der Waals surface area contributed by atoms with Gasteiger partial charge in [0.15, 0.2) is 0 Å². The molecule has 0 fully saturated rings. The summed E-state index contributed by atoms with van der Waals surface area (Å²) in [5.74, 6) is 0. The summed E-state index contributed by atoms with van der Waals surface area (Å²) in [5.41, 5.74) is 6.00. The lowest BCUT2D eigenvalue weighted by Crippen LogP contribution is -2.07. The Balaban J connectivity index is 2.77. The number of anilines is 1. The van der Waals surface area contributed by atoms with Gasteiger partial charge in [0, 0.05) is 12.6 Å². The van der Waals surface area contributed by atoms with Crippen molar-refractivity contribution in [1.82, 2.24) is 0 Å². The number of unbranched alkanes of at least 4 members (excludes halogenated alkanes) is 1. The second kappa shape index (κ2) is 6.45. The number of benzene rings is 1. The first-order valence-electron chi connectivity index (χ1n) is 5.31. The average Bonchev–Trinajstić information content (AvgIpc) is 2.34. The van der Waals surface area contributed by atoms with Crippen LogP contribution in [0.3, 0.4) is 0 Å². The maximum absolute atomic E-state index is 10.8. The second-order valence-electron chi connectivity index (χ2n) is 3.52. The van der Waals surface area contributed by atoms with E-state index in [9.17, 15) is 10.1 Å². The third-order valence-electron chi connectivity index (χ3n) is 2.27. The van der Waals surface area contributed by atoms with Gasteiger partial charge in [0.2, 0.25) is 0 Å². The standard InChI is InChI=1S/C11H14N4O2/c12-5-1-2-6-14-10-4-3-9(8-13)7-11(10)15(16)17/h3-4,7,14H,1-2,5-6,12H2. The SMILES string of the molecule is N#Cc1ccc(NCCCCN)c([N+](=O)[O-])c1. The van der Waals surface area contributed by atoms with Gasteiger partial charge in [0.05, 0.1) is 16.6 Å². The first-order valence-corrected chi connectivity index (χ1v) is 5.31. The van der Waals surface area contributed by atoms with Gasteiger partial charge in [-0.2, -0.15) is 5.26 Å². The maximum atomic E-state index is 10.8. The molecule has 0 saturated carbocycles. The molecule has 1 aromatic rings. The zero-order chi connectivity index (χ0) is 12.7. The van der Waals surface area contributed by atoms with Crippen molar-refractivity contribution in [1.29, 1.82) is 5.26 Å². The first-order chi connectivity index (χ1) is 8.19. The highest BCUT2D eigenvalue weighted by molar-refractivity contribution is 5.63. The predicted molar refractivity (Wildman–Crippen MR) is 64.6 cm³/mol. The molecule has 6 nitrogen and oxygen atoms in total. The molecule has 1 rings (SSSR count). The zero-order valence-corrected chi connectivity index (χ0v) is 9.35. The number of nitrogens with zero attached hydrogens (tertiary/aromatic N) is 2. The topological polar surface area (TPSA) is 105 Å². The van der Waals surface area contributed by atoms with Gasteiger partial charge in [-0.25, -0.2) is 0 Å². The molecule has 17 heavy (non-hydrogen) atoms. The van der Waals surface area contributed by atoms with E-state index in [-0.39, 0.29) is 11.3 Å². The largest absolute Gasteiger partial charge is 0.379 e. The summed E-state index contributed by atoms with van der Waals surface area (Å²) >= 11 is 0. The van der Waals surface area contributed by atoms with E-state index in [1.54, 1.807) is 12.1 Å². The van der Waals surface area contributed by atoms with Crippen molar-refractivity contribution in [3.05, 3.63) is 33.9 Å². The van der Waals surface area contributed by atoms with Crippen LogP contribution in [-0.4, -0.2) is 18.0 Å². The number of nitro groups is 1. The van der Waals surface area contributed by atoms with Crippen LogP contribution in [-0.2, 0) is 0 Å². The third-order valence-corrected chi connectivity index (χ3v) is 2.27. The number of hydrogen-bond acceptors (Lipinski definition) is 5. The van der Waals surface area contributed by atoms with Crippen LogP contribution < -0.4 is 11.1 Å². The van der Waals surface area contributed by atoms with E-state index in [2.05, 4.69) is 5.32 Å². The lowest BCUT2D eigenvalue weighted by molar-refractivity contribution is -0.384. The van der Waals surface area contributed by atoms with E-state index in [0.717, 1.165) is 12.8 Å². The molecule has 0 unspecified atom stereocenters. The van der Waals surface area contributed by atoms with Crippen LogP contribution in [0.4, 0.5) is 11.4 Å². The summed E-state index contributed by atoms with van der Waals surface area (Å²) in [6.07, 6.45) is 1.73. The molecule has 0 aliphatic carbocycles. The van der Waals surface area contributed by atoms with Crippen molar-refractivity contribution in [3.8, 4) is 6.07 Å². The molecule has 0 bridgehead atoms. The Bertz CT molecular complexity index is 440. The van der Waals surface area contributed by atoms with Crippen LogP contribution in [0.1, 0.15) is 18.4 Å². The van der Waals surface area contributed by atoms with Gasteiger partial charge >= 0.3 is 0 Å². The number of nitrogens with one attached hydrogen (secondary N) is 1. The zero-order valence-electron chi connectivity index (χ0n) is 9.35. The minimum atomic E-state index is -0.494. The van der Waals surface area contributed by atoms with Crippen molar-refractivity contribution in [2.24, 2.45) is 5.73 Å². The molecule has 0 aromatic heterocycles. The van der Waals surface area contributed by atoms with E-state index >= 15 is 0 Å². The van der Waals surface area contributed by atoms with Crippen LogP contribution in [0, 0.1) is 21.4 Å². The molecule has 0 saturated heterocycles. The molecule has 0 aliphatic heterocycles. The van der Waals surface area contributed by atoms with Crippen molar-refractivity contribution in [3.63, 3.8) is 0 Å². The summed E-state index contributed by atoms with van der Waals surface area (Å²) in [4.78, 5) is 10.3. The van der Waals surface area contributed by atoms with Gasteiger partial charge in [-0.3, -0.25) is 10.1 Å². The Hall–Kier alpha value is -2.13. The third kappa shape index (κ3) is 3.74. The Morgan fingerprint density at radius 3 is 2.82 bits per heavy atom. The van der Waals surface area contributed by atoms with E-state index < -0.39 is 4.92 Å². The summed E-state index contributed by atoms with van der Waals surface area (Å²) in [5, 5.41) is 22.5. The molecule has 0 radical (unpaired) electrons. The summed E-state index contributed by atoms with van der Waals surface area (Å²) in [6, 6.07) is 6.25. The highest BCUT2D eigenvalue weighted by atomic mass is 16.6. The normalized spacial score (nSPS) is 9.65. The molecule has 90 valence electrons. The minimum Gasteiger partial charge on any atom is -0.379 e. The number of nitriles is 1. The smallest absolute Gasteiger partial charge is 0.293 e. The highest BCUT2D eigenvalue weighted by Crippen LogP contribution is 2.25. The Morgan fingerprint density at radius 2 is 2.24 bits per heavy atom. The Kier molecular flexibility index (Phi) is 4.91. The van der Waals surface area contributed by atoms with Gasteiger partial charge in [-0.05, 0) is 31.5 Å². The molecule has 0 spiro atoms. The van der Waals surface area contributed by atoms with Gasteiger partial charge in [0.25, 0.3) is 5.69 Å². The monoisotopic (exact) mass is 234 g/mol. The molecule has 3 N–H and O–H groups in total. The summed E-state index contributed by atoms with van der Waals surface area (Å²) in [6.45, 7) is 1.24. The molecule has 0 amide bonds. The number of hydrogen-bond donors (Lipinski definition) is 2. The molecule has 1 aromatic carbocycles. The van der Waals surface area contributed by atoms with Gasteiger partial charge in [-0.1, -0.05) is 0 Å². The van der Waals surface area contributed by atoms with Crippen molar-refractivity contribution in [2.45, 2.75) is 12.8 Å². The lowest BCUT2D eigenvalue weighted by atomic mass is 10.2. The van der Waals surface area contributed by atoms with E-state index in [4.69, 9.17) is 11.0 Å². The average molecular weight is 234 g/mol. The summed E-state index contributed by atoms with van der Waals surface area (Å²) < 4.78 is 0. The van der Waals surface area contributed by atoms with Crippen molar-refractivity contribution < 1.29 is 4.92 Å². The predicted octanol–water partition coefficient (Wildman–Crippen LogP) is 1.62. The molecule has 0 aliphatic rings. The number of rotatable bonds is 6. The van der Waals surface area contributed by atoms with Crippen LogP contribution in [0.5, 0.6) is 0 Å². The molecular formula is C11H14N4O2. The lowest BCUT2D eigenvalue weighted by Gasteiger charge is -2.06. The van der Waals surface area contributed by atoms with Gasteiger partial charge in [-0.15, -0.1) is 0 Å². The Labute approximate surface area is 99.2 Å². The maximum Gasteiger partial charge on any atom is 0.293 e. The van der Waals surface area contributed by atoms with Crippen LogP contribution in [0.25, 0.3) is 0 Å². The van der Waals surface area contributed by atoms with Crippen LogP contribution in [0.15, 0.2) is 18.2 Å². The van der Waals surface area contributed by atoms with Gasteiger partial charge < -0.3 is 11.1 Å². The number of nitro benzene ring substituents is 1. The van der Waals surface area contributed by atoms with E-state index in [0.29, 0.717) is 18.8 Å². The molecule has 0 atom stereocenters. The summed E-state index contributed by atoms with van der Waals surface area (Å²) in [7, 11) is 0. The fourth-order valence-corrected chi connectivity index (χ4v) is 1.39.